The van der Waals surface area contributed by atoms with Gasteiger partial charge in [0.25, 0.3) is 0 Å². The Morgan fingerprint density at radius 3 is 1.35 bits per heavy atom. The molecule has 54 heavy (non-hydrogen) atoms. The average Bonchev–Trinajstić information content (AvgIpc) is 3.82. The summed E-state index contributed by atoms with van der Waals surface area (Å²) in [5, 5.41) is 2.10. The Hall–Kier alpha value is -3.60. The topological polar surface area (TPSA) is 131 Å². The number of morpholine rings is 2. The zero-order chi connectivity index (χ0) is 37.4. The minimum Gasteiger partial charge on any atom is -0.379 e. The minimum atomic E-state index is -4.24. The van der Waals surface area contributed by atoms with Crippen LogP contribution in [0.15, 0.2) is 95.0 Å². The molecule has 14 heteroatoms. The first-order valence-electron chi connectivity index (χ1n) is 19.1. The van der Waals surface area contributed by atoms with Gasteiger partial charge in [0.15, 0.2) is 0 Å². The smallest absolute Gasteiger partial charge is 0.244 e. The zero-order valence-corrected chi connectivity index (χ0v) is 32.5. The van der Waals surface area contributed by atoms with E-state index in [1.54, 1.807) is 12.1 Å². The monoisotopic (exact) mass is 776 g/mol. The molecule has 0 amide bonds. The molecule has 2 N–H and O–H groups in total. The van der Waals surface area contributed by atoms with Gasteiger partial charge >= 0.3 is 0 Å². The number of aromatic amines is 2. The largest absolute Gasteiger partial charge is 0.379 e. The van der Waals surface area contributed by atoms with E-state index >= 15 is 0 Å². The van der Waals surface area contributed by atoms with E-state index < -0.39 is 20.0 Å². The molecule has 0 aliphatic carbocycles. The standard InChI is InChI=1S/C40H52N6O6S2/c47-53(48,45(19-7-17-43-23-27-51-28-24-43)21-15-33-31-41-37-11-3-1-9-35(33)37)39-13-5-6-14-40(39)54(49,50)46(20-8-18-44-25-29-52-30-26-44)22-16-34-32-42-38-12-4-2-10-36(34)38/h1-6,9-14,31-32,41-42H,7-8,15-30H2. The van der Waals surface area contributed by atoms with E-state index in [1.165, 1.54) is 20.7 Å². The van der Waals surface area contributed by atoms with Gasteiger partial charge in [0.1, 0.15) is 9.79 Å². The highest BCUT2D eigenvalue weighted by atomic mass is 32.2. The van der Waals surface area contributed by atoms with Crippen molar-refractivity contribution in [2.75, 3.05) is 91.9 Å². The van der Waals surface area contributed by atoms with Crippen LogP contribution in [0.2, 0.25) is 0 Å². The molecule has 2 aliphatic rings. The van der Waals surface area contributed by atoms with Gasteiger partial charge in [0, 0.05) is 86.6 Å². The van der Waals surface area contributed by atoms with Gasteiger partial charge in [0.05, 0.1) is 26.4 Å². The third kappa shape index (κ3) is 9.09. The molecule has 0 atom stereocenters. The summed E-state index contributed by atoms with van der Waals surface area (Å²) in [7, 11) is -8.47. The van der Waals surface area contributed by atoms with E-state index in [9.17, 15) is 16.8 Å². The minimum absolute atomic E-state index is 0.180. The number of nitrogens with zero attached hydrogens (tertiary/aromatic N) is 4. The molecular weight excluding hydrogens is 725 g/mol. The lowest BCUT2D eigenvalue weighted by atomic mass is 10.1. The quantitative estimate of drug-likeness (QED) is 0.133. The van der Waals surface area contributed by atoms with Crippen molar-refractivity contribution in [2.24, 2.45) is 0 Å². The second kappa shape index (κ2) is 17.9. The lowest BCUT2D eigenvalue weighted by Crippen LogP contribution is -2.41. The fourth-order valence-electron chi connectivity index (χ4n) is 7.62. The molecule has 2 fully saturated rings. The second-order valence-electron chi connectivity index (χ2n) is 14.1. The molecule has 290 valence electrons. The predicted octanol–water partition coefficient (Wildman–Crippen LogP) is 4.56. The average molecular weight is 777 g/mol. The Labute approximate surface area is 319 Å². The van der Waals surface area contributed by atoms with Crippen LogP contribution < -0.4 is 0 Å². The molecule has 2 aliphatic heterocycles. The van der Waals surface area contributed by atoms with Crippen LogP contribution in [0, 0.1) is 0 Å². The lowest BCUT2D eigenvalue weighted by molar-refractivity contribution is 0.0368. The van der Waals surface area contributed by atoms with Crippen molar-refractivity contribution in [3.8, 4) is 0 Å². The van der Waals surface area contributed by atoms with Crippen molar-refractivity contribution in [2.45, 2.75) is 35.5 Å². The predicted molar refractivity (Wildman–Crippen MR) is 212 cm³/mol. The molecule has 4 heterocycles. The Bertz CT molecular complexity index is 2040. The number of hydrogen-bond acceptors (Lipinski definition) is 8. The summed E-state index contributed by atoms with van der Waals surface area (Å²) in [5.74, 6) is 0. The number of benzene rings is 3. The summed E-state index contributed by atoms with van der Waals surface area (Å²) < 4.78 is 73.3. The van der Waals surface area contributed by atoms with Gasteiger partial charge in [-0.25, -0.2) is 16.8 Å². The SMILES string of the molecule is O=S(=O)(c1ccccc1S(=O)(=O)N(CCCN1CCOCC1)CCc1c[nH]c2ccccc12)N(CCCN1CCOCC1)CCc1c[nH]c2ccccc12. The molecule has 5 aromatic rings. The van der Waals surface area contributed by atoms with Gasteiger partial charge in [-0.05, 0) is 74.2 Å². The van der Waals surface area contributed by atoms with Crippen molar-refractivity contribution < 1.29 is 26.3 Å². The van der Waals surface area contributed by atoms with Crippen molar-refractivity contribution in [1.82, 2.24) is 28.4 Å². The molecule has 2 saturated heterocycles. The van der Waals surface area contributed by atoms with Crippen LogP contribution in [0.4, 0.5) is 0 Å². The highest BCUT2D eigenvalue weighted by Crippen LogP contribution is 2.29. The molecular formula is C40H52N6O6S2. The number of aromatic nitrogens is 2. The number of H-pyrrole nitrogens is 2. The fraction of sp³-hybridized carbons (Fsp3) is 0.450. The molecule has 0 radical (unpaired) electrons. The summed E-state index contributed by atoms with van der Waals surface area (Å²) in [5.41, 5.74) is 4.02. The third-order valence-electron chi connectivity index (χ3n) is 10.7. The number of hydrogen-bond donors (Lipinski definition) is 2. The Morgan fingerprint density at radius 1 is 0.537 bits per heavy atom. The van der Waals surface area contributed by atoms with E-state index in [0.29, 0.717) is 52.1 Å². The van der Waals surface area contributed by atoms with Crippen molar-refractivity contribution in [3.63, 3.8) is 0 Å². The molecule has 12 nitrogen and oxygen atoms in total. The van der Waals surface area contributed by atoms with E-state index in [2.05, 4.69) is 19.8 Å². The van der Waals surface area contributed by atoms with Crippen LogP contribution in [-0.2, 0) is 42.4 Å². The molecule has 0 saturated carbocycles. The second-order valence-corrected chi connectivity index (χ2v) is 17.9. The molecule has 0 bridgehead atoms. The Balaban J connectivity index is 1.16. The molecule has 3 aromatic carbocycles. The van der Waals surface area contributed by atoms with Gasteiger partial charge in [-0.2, -0.15) is 8.61 Å². The van der Waals surface area contributed by atoms with Crippen LogP contribution in [0.3, 0.4) is 0 Å². The van der Waals surface area contributed by atoms with Gasteiger partial charge in [0.2, 0.25) is 20.0 Å². The van der Waals surface area contributed by atoms with E-state index in [1.807, 2.05) is 60.9 Å². The van der Waals surface area contributed by atoms with E-state index in [4.69, 9.17) is 9.47 Å². The molecule has 0 spiro atoms. The Morgan fingerprint density at radius 2 is 0.926 bits per heavy atom. The number of nitrogens with one attached hydrogen (secondary N) is 2. The van der Waals surface area contributed by atoms with Crippen LogP contribution in [-0.4, -0.2) is 137 Å². The third-order valence-corrected chi connectivity index (χ3v) is 14.7. The summed E-state index contributed by atoms with van der Waals surface area (Å²) in [6.45, 7) is 8.30. The first-order chi connectivity index (χ1) is 26.3. The van der Waals surface area contributed by atoms with Crippen molar-refractivity contribution in [1.29, 1.82) is 0 Å². The first kappa shape index (κ1) is 38.7. The number of para-hydroxylation sites is 2. The summed E-state index contributed by atoms with van der Waals surface area (Å²) >= 11 is 0. The number of rotatable bonds is 18. The van der Waals surface area contributed by atoms with Gasteiger partial charge in [-0.3, -0.25) is 9.80 Å². The normalized spacial score (nSPS) is 16.6. The summed E-state index contributed by atoms with van der Waals surface area (Å²) in [6, 6.07) is 22.1. The van der Waals surface area contributed by atoms with Crippen LogP contribution in [0.5, 0.6) is 0 Å². The van der Waals surface area contributed by atoms with Gasteiger partial charge < -0.3 is 19.4 Å². The van der Waals surface area contributed by atoms with Crippen molar-refractivity contribution in [3.05, 3.63) is 96.3 Å². The highest BCUT2D eigenvalue weighted by Gasteiger charge is 2.34. The summed E-state index contributed by atoms with van der Waals surface area (Å²) in [6.07, 6.45) is 6.05. The Kier molecular flexibility index (Phi) is 12.8. The van der Waals surface area contributed by atoms with Gasteiger partial charge in [-0.15, -0.1) is 0 Å². The molecule has 0 unspecified atom stereocenters. The van der Waals surface area contributed by atoms with Crippen LogP contribution in [0.25, 0.3) is 21.8 Å². The summed E-state index contributed by atoms with van der Waals surface area (Å²) in [4.78, 5) is 10.8. The maximum atomic E-state index is 14.8. The van der Waals surface area contributed by atoms with Crippen LogP contribution in [0.1, 0.15) is 24.0 Å². The zero-order valence-electron chi connectivity index (χ0n) is 30.9. The first-order valence-corrected chi connectivity index (χ1v) is 22.0. The van der Waals surface area contributed by atoms with E-state index in [-0.39, 0.29) is 36.0 Å². The van der Waals surface area contributed by atoms with Crippen LogP contribution >= 0.6 is 0 Å². The lowest BCUT2D eigenvalue weighted by Gasteiger charge is -2.29. The number of fused-ring (bicyclic) bond motifs is 2. The highest BCUT2D eigenvalue weighted by molar-refractivity contribution is 7.92. The van der Waals surface area contributed by atoms with E-state index in [0.717, 1.165) is 72.2 Å². The van der Waals surface area contributed by atoms with Crippen molar-refractivity contribution >= 4 is 41.9 Å². The number of sulfonamides is 2. The fourth-order valence-corrected chi connectivity index (χ4v) is 11.4. The number of ether oxygens (including phenoxy) is 2. The maximum Gasteiger partial charge on any atom is 0.244 e. The van der Waals surface area contributed by atoms with Gasteiger partial charge in [-0.1, -0.05) is 48.5 Å². The maximum absolute atomic E-state index is 14.8. The molecule has 2 aromatic heterocycles. The molecule has 7 rings (SSSR count).